The van der Waals surface area contributed by atoms with Crippen molar-refractivity contribution in [2.45, 2.75) is 60.3 Å². The molecule has 0 saturated carbocycles. The lowest BCUT2D eigenvalue weighted by atomic mass is 10.1. The van der Waals surface area contributed by atoms with Crippen LogP contribution in [0.2, 0.25) is 0 Å². The molecule has 1 heterocycles. The summed E-state index contributed by atoms with van der Waals surface area (Å²) in [6, 6.07) is 15.1. The summed E-state index contributed by atoms with van der Waals surface area (Å²) in [5, 5.41) is 3.65. The number of carbonyl (C=O) groups is 1. The molecule has 0 bridgehead atoms. The number of nitrogens with one attached hydrogen (secondary N) is 1. The third kappa shape index (κ3) is 9.52. The molecule has 41 heavy (non-hydrogen) atoms. The monoisotopic (exact) mass is 556 g/mol. The fraction of sp³-hybridized carbons (Fsp3) is 0.371. The van der Waals surface area contributed by atoms with Crippen molar-refractivity contribution in [3.8, 4) is 11.5 Å². The Kier molecular flexibility index (Phi) is 12.0. The van der Waals surface area contributed by atoms with Crippen LogP contribution in [-0.4, -0.2) is 23.7 Å². The zero-order valence-electron chi connectivity index (χ0n) is 25.3. The number of aryl methyl sites for hydroxylation is 1. The maximum absolute atomic E-state index is 13.5. The topological polar surface area (TPSA) is 69.6 Å². The minimum absolute atomic E-state index is 0.223. The predicted octanol–water partition coefficient (Wildman–Crippen LogP) is 8.08. The number of allylic oxidation sites excluding steroid dienone is 3. The van der Waals surface area contributed by atoms with Crippen LogP contribution in [0.15, 0.2) is 82.7 Å². The predicted molar refractivity (Wildman–Crippen MR) is 171 cm³/mol. The number of amides is 1. The SMILES string of the molecule is CCCC(C)COc1c(OC/C=C(\C)CCC=C(C)C)c2ccc(NC(=O)/C=C/c3ccccc3)cc2n(C)c1=O. The van der Waals surface area contributed by atoms with Crippen LogP contribution < -0.4 is 20.3 Å². The summed E-state index contributed by atoms with van der Waals surface area (Å²) >= 11 is 0. The molecule has 0 aliphatic carbocycles. The number of benzene rings is 2. The first-order valence-corrected chi connectivity index (χ1v) is 14.4. The summed E-state index contributed by atoms with van der Waals surface area (Å²) in [6.45, 7) is 11.3. The number of hydrogen-bond donors (Lipinski definition) is 1. The van der Waals surface area contributed by atoms with Gasteiger partial charge in [-0.2, -0.15) is 0 Å². The Morgan fingerprint density at radius 3 is 2.49 bits per heavy atom. The summed E-state index contributed by atoms with van der Waals surface area (Å²) in [7, 11) is 1.71. The highest BCUT2D eigenvalue weighted by atomic mass is 16.5. The van der Waals surface area contributed by atoms with Gasteiger partial charge < -0.3 is 19.4 Å². The second-order valence-corrected chi connectivity index (χ2v) is 10.9. The molecule has 3 aromatic rings. The van der Waals surface area contributed by atoms with E-state index in [9.17, 15) is 9.59 Å². The Bertz CT molecular complexity index is 1460. The largest absolute Gasteiger partial charge is 0.485 e. The molecule has 0 fully saturated rings. The van der Waals surface area contributed by atoms with Crippen molar-refractivity contribution in [1.29, 1.82) is 0 Å². The Labute approximate surface area is 244 Å². The molecule has 0 aliphatic heterocycles. The first-order chi connectivity index (χ1) is 19.7. The molecule has 1 unspecified atom stereocenters. The molecule has 0 spiro atoms. The maximum atomic E-state index is 13.5. The van der Waals surface area contributed by atoms with E-state index in [0.717, 1.165) is 36.6 Å². The highest BCUT2D eigenvalue weighted by molar-refractivity contribution is 6.03. The van der Waals surface area contributed by atoms with Crippen LogP contribution in [0.1, 0.15) is 65.9 Å². The molecule has 0 saturated heterocycles. The molecule has 1 amide bonds. The van der Waals surface area contributed by atoms with Crippen molar-refractivity contribution in [1.82, 2.24) is 4.57 Å². The van der Waals surface area contributed by atoms with Crippen molar-refractivity contribution in [2.24, 2.45) is 13.0 Å². The second kappa shape index (κ2) is 15.7. The van der Waals surface area contributed by atoms with Crippen LogP contribution in [0.3, 0.4) is 0 Å². The van der Waals surface area contributed by atoms with E-state index in [1.807, 2.05) is 42.5 Å². The van der Waals surface area contributed by atoms with Crippen molar-refractivity contribution in [2.75, 3.05) is 18.5 Å². The van der Waals surface area contributed by atoms with Crippen LogP contribution in [0.5, 0.6) is 11.5 Å². The van der Waals surface area contributed by atoms with Gasteiger partial charge in [0.2, 0.25) is 11.7 Å². The molecule has 0 radical (unpaired) electrons. The lowest BCUT2D eigenvalue weighted by Crippen LogP contribution is -2.23. The van der Waals surface area contributed by atoms with Crippen molar-refractivity contribution >= 4 is 28.6 Å². The quantitative estimate of drug-likeness (QED) is 0.161. The fourth-order valence-electron chi connectivity index (χ4n) is 4.51. The van der Waals surface area contributed by atoms with Crippen LogP contribution in [0.25, 0.3) is 17.0 Å². The molecule has 6 heteroatoms. The van der Waals surface area contributed by atoms with Crippen molar-refractivity contribution in [3.05, 3.63) is 93.8 Å². The smallest absolute Gasteiger partial charge is 0.297 e. The van der Waals surface area contributed by atoms with Gasteiger partial charge in [-0.05, 0) is 81.9 Å². The zero-order chi connectivity index (χ0) is 29.8. The summed E-state index contributed by atoms with van der Waals surface area (Å²) in [5.74, 6) is 0.711. The third-order valence-electron chi connectivity index (χ3n) is 6.85. The van der Waals surface area contributed by atoms with Gasteiger partial charge in [0.25, 0.3) is 5.56 Å². The van der Waals surface area contributed by atoms with Crippen molar-refractivity contribution in [3.63, 3.8) is 0 Å². The van der Waals surface area contributed by atoms with E-state index < -0.39 is 0 Å². The first kappa shape index (κ1) is 31.5. The van der Waals surface area contributed by atoms with Crippen LogP contribution in [-0.2, 0) is 11.8 Å². The van der Waals surface area contributed by atoms with Gasteiger partial charge in [-0.3, -0.25) is 9.59 Å². The van der Waals surface area contributed by atoms with E-state index in [4.69, 9.17) is 9.47 Å². The minimum atomic E-state index is -0.270. The minimum Gasteiger partial charge on any atom is -0.485 e. The highest BCUT2D eigenvalue weighted by Crippen LogP contribution is 2.34. The molecule has 0 aliphatic rings. The number of fused-ring (bicyclic) bond motifs is 1. The summed E-state index contributed by atoms with van der Waals surface area (Å²) in [4.78, 5) is 26.1. The molecule has 2 aromatic carbocycles. The molecule has 1 N–H and O–H groups in total. The average molecular weight is 557 g/mol. The number of ether oxygens (including phenoxy) is 2. The number of pyridine rings is 1. The lowest BCUT2D eigenvalue weighted by Gasteiger charge is -2.19. The van der Waals surface area contributed by atoms with Gasteiger partial charge >= 0.3 is 0 Å². The number of hydrogen-bond acceptors (Lipinski definition) is 4. The third-order valence-corrected chi connectivity index (χ3v) is 6.85. The standard InChI is InChI=1S/C35H44N2O4/c1-7-12-27(5)24-41-34-33(40-22-21-26(4)14-11-13-25(2)3)30-19-18-29(23-31(30)37(6)35(34)39)36-32(38)20-17-28-15-9-8-10-16-28/h8-10,13,15-21,23,27H,7,11-12,14,22,24H2,1-6H3,(H,36,38)/b20-17+,26-21+. The summed E-state index contributed by atoms with van der Waals surface area (Å²) < 4.78 is 13.9. The Morgan fingerprint density at radius 2 is 1.78 bits per heavy atom. The number of carbonyl (C=O) groups excluding carboxylic acids is 1. The Hall–Kier alpha value is -4.06. The van der Waals surface area contributed by atoms with Gasteiger partial charge in [0.1, 0.15) is 6.61 Å². The number of nitrogens with zero attached hydrogens (tertiary/aromatic N) is 1. The van der Waals surface area contributed by atoms with E-state index in [2.05, 4.69) is 52.1 Å². The lowest BCUT2D eigenvalue weighted by molar-refractivity contribution is -0.111. The van der Waals surface area contributed by atoms with Gasteiger partial charge in [-0.1, -0.05) is 67.8 Å². The van der Waals surface area contributed by atoms with Crippen LogP contribution in [0, 0.1) is 5.92 Å². The fourth-order valence-corrected chi connectivity index (χ4v) is 4.51. The average Bonchev–Trinajstić information content (AvgIpc) is 2.94. The molecular formula is C35H44N2O4. The van der Waals surface area contributed by atoms with Crippen molar-refractivity contribution < 1.29 is 14.3 Å². The number of rotatable bonds is 14. The highest BCUT2D eigenvalue weighted by Gasteiger charge is 2.20. The van der Waals surface area contributed by atoms with E-state index >= 15 is 0 Å². The molecule has 3 rings (SSSR count). The molecule has 1 aromatic heterocycles. The summed E-state index contributed by atoms with van der Waals surface area (Å²) in [6.07, 6.45) is 11.5. The molecule has 6 nitrogen and oxygen atoms in total. The second-order valence-electron chi connectivity index (χ2n) is 10.9. The van der Waals surface area contributed by atoms with E-state index in [0.29, 0.717) is 36.1 Å². The molecular weight excluding hydrogens is 512 g/mol. The molecule has 218 valence electrons. The summed E-state index contributed by atoms with van der Waals surface area (Å²) in [5.41, 5.74) is 4.43. The maximum Gasteiger partial charge on any atom is 0.297 e. The zero-order valence-corrected chi connectivity index (χ0v) is 25.3. The van der Waals surface area contributed by atoms with Gasteiger partial charge in [0.15, 0.2) is 5.75 Å². The van der Waals surface area contributed by atoms with Crippen LogP contribution >= 0.6 is 0 Å². The normalized spacial score (nSPS) is 12.4. The van der Waals surface area contributed by atoms with E-state index in [-0.39, 0.29) is 17.2 Å². The molecule has 1 atom stereocenters. The van der Waals surface area contributed by atoms with Crippen LogP contribution in [0.4, 0.5) is 5.69 Å². The Morgan fingerprint density at radius 1 is 1.02 bits per heavy atom. The number of anilines is 1. The first-order valence-electron chi connectivity index (χ1n) is 14.4. The van der Waals surface area contributed by atoms with E-state index in [1.165, 1.54) is 17.2 Å². The van der Waals surface area contributed by atoms with Gasteiger partial charge in [0.05, 0.1) is 12.1 Å². The number of aromatic nitrogens is 1. The van der Waals surface area contributed by atoms with Gasteiger partial charge in [-0.25, -0.2) is 0 Å². The van der Waals surface area contributed by atoms with Gasteiger partial charge in [0, 0.05) is 24.2 Å². The van der Waals surface area contributed by atoms with E-state index in [1.54, 1.807) is 23.8 Å². The Balaban J connectivity index is 1.90. The van der Waals surface area contributed by atoms with Gasteiger partial charge in [-0.15, -0.1) is 0 Å².